The van der Waals surface area contributed by atoms with E-state index in [1.165, 1.54) is 0 Å². The van der Waals surface area contributed by atoms with Crippen LogP contribution in [0.25, 0.3) is 0 Å². The molecule has 1 aliphatic heterocycles. The zero-order valence-electron chi connectivity index (χ0n) is 4.93. The van der Waals surface area contributed by atoms with Crippen molar-refractivity contribution in [1.29, 1.82) is 0 Å². The fraction of sp³-hybridized carbons (Fsp3) is 1.00. The van der Waals surface area contributed by atoms with Crippen LogP contribution in [-0.2, 0) is 0 Å². The van der Waals surface area contributed by atoms with E-state index in [4.69, 9.17) is 11.5 Å². The van der Waals surface area contributed by atoms with E-state index in [2.05, 4.69) is 5.32 Å². The molecule has 3 heteroatoms. The van der Waals surface area contributed by atoms with Gasteiger partial charge < -0.3 is 0 Å². The lowest BCUT2D eigenvalue weighted by Gasteiger charge is -2.27. The molecule has 1 heterocycles. The molecular formula is C5H12N3. The Morgan fingerprint density at radius 2 is 2.00 bits per heavy atom. The standard InChI is InChI=1S/C5H12N3/c6-5(7)3-1-2-4-8-5/h1-4,6-7H2. The maximum absolute atomic E-state index is 5.49. The second-order valence-electron chi connectivity index (χ2n) is 2.33. The van der Waals surface area contributed by atoms with E-state index < -0.39 is 5.79 Å². The molecule has 4 N–H and O–H groups in total. The van der Waals surface area contributed by atoms with Crippen LogP contribution in [0.3, 0.4) is 0 Å². The van der Waals surface area contributed by atoms with E-state index in [-0.39, 0.29) is 0 Å². The van der Waals surface area contributed by atoms with Gasteiger partial charge in [-0.1, -0.05) is 0 Å². The van der Waals surface area contributed by atoms with Crippen LogP contribution in [0, 0.1) is 0 Å². The average molecular weight is 114 g/mol. The van der Waals surface area contributed by atoms with Gasteiger partial charge in [-0.25, -0.2) is 5.32 Å². The van der Waals surface area contributed by atoms with Crippen molar-refractivity contribution in [2.24, 2.45) is 11.5 Å². The van der Waals surface area contributed by atoms with Gasteiger partial charge in [-0.05, 0) is 19.3 Å². The maximum atomic E-state index is 5.49. The molecule has 0 aromatic heterocycles. The summed E-state index contributed by atoms with van der Waals surface area (Å²) in [6.07, 6.45) is 3.11. The molecule has 0 aliphatic carbocycles. The summed E-state index contributed by atoms with van der Waals surface area (Å²) >= 11 is 0. The molecule has 0 amide bonds. The molecule has 1 radical (unpaired) electrons. The van der Waals surface area contributed by atoms with Gasteiger partial charge in [0, 0.05) is 6.54 Å². The quantitative estimate of drug-likeness (QED) is 0.411. The predicted octanol–water partition coefficient (Wildman–Crippen LogP) is -0.654. The Kier molecular flexibility index (Phi) is 1.51. The van der Waals surface area contributed by atoms with E-state index in [1.807, 2.05) is 0 Å². The van der Waals surface area contributed by atoms with Gasteiger partial charge in [0.05, 0.1) is 0 Å². The van der Waals surface area contributed by atoms with Crippen LogP contribution in [-0.4, -0.2) is 12.3 Å². The Morgan fingerprint density at radius 1 is 1.25 bits per heavy atom. The van der Waals surface area contributed by atoms with Gasteiger partial charge in [0.1, 0.15) is 5.79 Å². The van der Waals surface area contributed by atoms with Gasteiger partial charge in [0.2, 0.25) is 0 Å². The lowest BCUT2D eigenvalue weighted by molar-refractivity contribution is 0.263. The molecule has 1 fully saturated rings. The van der Waals surface area contributed by atoms with Crippen LogP contribution in [0.4, 0.5) is 0 Å². The molecule has 0 atom stereocenters. The summed E-state index contributed by atoms with van der Waals surface area (Å²) in [6, 6.07) is 0. The van der Waals surface area contributed by atoms with Crippen LogP contribution in [0.15, 0.2) is 0 Å². The summed E-state index contributed by atoms with van der Waals surface area (Å²) in [5.41, 5.74) is 11.0. The monoisotopic (exact) mass is 114 g/mol. The highest BCUT2D eigenvalue weighted by molar-refractivity contribution is 4.76. The molecule has 1 rings (SSSR count). The van der Waals surface area contributed by atoms with Crippen molar-refractivity contribution in [1.82, 2.24) is 5.32 Å². The molecule has 3 nitrogen and oxygen atoms in total. The highest BCUT2D eigenvalue weighted by atomic mass is 15.2. The fourth-order valence-electron chi connectivity index (χ4n) is 0.886. The van der Waals surface area contributed by atoms with E-state index in [9.17, 15) is 0 Å². The highest BCUT2D eigenvalue weighted by Gasteiger charge is 2.21. The van der Waals surface area contributed by atoms with Gasteiger partial charge in [0.15, 0.2) is 0 Å². The second kappa shape index (κ2) is 2.01. The Balaban J connectivity index is 2.33. The van der Waals surface area contributed by atoms with Crippen molar-refractivity contribution in [2.75, 3.05) is 6.54 Å². The minimum atomic E-state index is -0.696. The molecule has 1 saturated heterocycles. The topological polar surface area (TPSA) is 66.1 Å². The van der Waals surface area contributed by atoms with E-state index in [0.717, 1.165) is 25.8 Å². The summed E-state index contributed by atoms with van der Waals surface area (Å²) in [6.45, 7) is 0.840. The van der Waals surface area contributed by atoms with Crippen molar-refractivity contribution in [2.45, 2.75) is 25.0 Å². The molecule has 1 aliphatic rings. The second-order valence-corrected chi connectivity index (χ2v) is 2.33. The van der Waals surface area contributed by atoms with Crippen molar-refractivity contribution in [3.05, 3.63) is 0 Å². The van der Waals surface area contributed by atoms with E-state index in [1.54, 1.807) is 0 Å². The fourth-order valence-corrected chi connectivity index (χ4v) is 0.886. The van der Waals surface area contributed by atoms with E-state index >= 15 is 0 Å². The molecule has 47 valence electrons. The molecule has 0 unspecified atom stereocenters. The summed E-state index contributed by atoms with van der Waals surface area (Å²) in [5.74, 6) is -0.696. The number of piperidine rings is 1. The number of rotatable bonds is 0. The first-order valence-corrected chi connectivity index (χ1v) is 2.97. The lowest BCUT2D eigenvalue weighted by Crippen LogP contribution is -2.59. The Bertz CT molecular complexity index is 71.7. The van der Waals surface area contributed by atoms with Crippen molar-refractivity contribution in [3.63, 3.8) is 0 Å². The normalized spacial score (nSPS) is 27.8. The number of hydrogen-bond donors (Lipinski definition) is 2. The third kappa shape index (κ3) is 1.43. The van der Waals surface area contributed by atoms with Crippen molar-refractivity contribution < 1.29 is 0 Å². The number of hydrogen-bond acceptors (Lipinski definition) is 2. The van der Waals surface area contributed by atoms with Gasteiger partial charge in [-0.2, -0.15) is 0 Å². The molecule has 8 heavy (non-hydrogen) atoms. The Labute approximate surface area is 49.4 Å². The minimum Gasteiger partial charge on any atom is -0.300 e. The first-order chi connectivity index (χ1) is 3.71. The Morgan fingerprint density at radius 3 is 2.25 bits per heavy atom. The van der Waals surface area contributed by atoms with Crippen LogP contribution in [0.1, 0.15) is 19.3 Å². The van der Waals surface area contributed by atoms with Gasteiger partial charge in [0.25, 0.3) is 0 Å². The van der Waals surface area contributed by atoms with Gasteiger partial charge >= 0.3 is 0 Å². The van der Waals surface area contributed by atoms with E-state index in [0.29, 0.717) is 0 Å². The van der Waals surface area contributed by atoms with Crippen molar-refractivity contribution >= 4 is 0 Å². The molecule has 0 aromatic carbocycles. The van der Waals surface area contributed by atoms with Crippen LogP contribution >= 0.6 is 0 Å². The zero-order chi connectivity index (χ0) is 6.04. The average Bonchev–Trinajstić information content (AvgIpc) is 1.65. The number of nitrogens with two attached hydrogens (primary N) is 2. The first kappa shape index (κ1) is 6.01. The number of nitrogens with zero attached hydrogens (tertiary/aromatic N) is 1. The van der Waals surface area contributed by atoms with Crippen LogP contribution < -0.4 is 16.8 Å². The van der Waals surface area contributed by atoms with Crippen LogP contribution in [0.5, 0.6) is 0 Å². The maximum Gasteiger partial charge on any atom is 0.133 e. The van der Waals surface area contributed by atoms with Gasteiger partial charge in [-0.3, -0.25) is 11.5 Å². The van der Waals surface area contributed by atoms with Gasteiger partial charge in [-0.15, -0.1) is 0 Å². The largest absolute Gasteiger partial charge is 0.300 e. The molecule has 0 aromatic rings. The molecule has 0 spiro atoms. The first-order valence-electron chi connectivity index (χ1n) is 2.97. The highest BCUT2D eigenvalue weighted by Crippen LogP contribution is 2.08. The predicted molar refractivity (Wildman–Crippen MR) is 32.0 cm³/mol. The lowest BCUT2D eigenvalue weighted by atomic mass is 10.1. The minimum absolute atomic E-state index is 0.696. The smallest absolute Gasteiger partial charge is 0.133 e. The SMILES string of the molecule is NC1(N)CCCC[N]1. The summed E-state index contributed by atoms with van der Waals surface area (Å²) in [4.78, 5) is 0. The summed E-state index contributed by atoms with van der Waals surface area (Å²) in [5, 5.41) is 4.02. The summed E-state index contributed by atoms with van der Waals surface area (Å²) in [7, 11) is 0. The van der Waals surface area contributed by atoms with Crippen molar-refractivity contribution in [3.8, 4) is 0 Å². The zero-order valence-corrected chi connectivity index (χ0v) is 4.93. The van der Waals surface area contributed by atoms with Crippen LogP contribution in [0.2, 0.25) is 0 Å². The third-order valence-electron chi connectivity index (χ3n) is 1.39. The molecule has 0 saturated carbocycles. The Hall–Kier alpha value is -0.120. The third-order valence-corrected chi connectivity index (χ3v) is 1.39. The summed E-state index contributed by atoms with van der Waals surface area (Å²) < 4.78 is 0. The molecule has 0 bridgehead atoms. The molecular weight excluding hydrogens is 102 g/mol.